The minimum Gasteiger partial charge on any atom is -0.343 e. The summed E-state index contributed by atoms with van der Waals surface area (Å²) in [4.78, 5) is 38.9. The van der Waals surface area contributed by atoms with Gasteiger partial charge in [-0.25, -0.2) is 0 Å². The highest BCUT2D eigenvalue weighted by atomic mass is 32.1. The van der Waals surface area contributed by atoms with Crippen LogP contribution in [-0.2, 0) is 9.59 Å². The second-order valence-corrected chi connectivity index (χ2v) is 7.74. The van der Waals surface area contributed by atoms with Gasteiger partial charge in [-0.3, -0.25) is 14.4 Å². The van der Waals surface area contributed by atoms with Gasteiger partial charge >= 0.3 is 0 Å². The summed E-state index contributed by atoms with van der Waals surface area (Å²) in [5.41, 5.74) is 1.33. The van der Waals surface area contributed by atoms with Crippen LogP contribution in [0.3, 0.4) is 0 Å². The second kappa shape index (κ2) is 12.0. The largest absolute Gasteiger partial charge is 0.343 e. The number of carbonyl (C=O) groups excluding carboxylic acids is 3. The molecule has 29 heavy (non-hydrogen) atoms. The fourth-order valence-electron chi connectivity index (χ4n) is 2.92. The number of anilines is 2. The summed E-state index contributed by atoms with van der Waals surface area (Å²) in [7, 11) is 0. The topological polar surface area (TPSA) is 78.5 Å². The third-order valence-corrected chi connectivity index (χ3v) is 5.17. The van der Waals surface area contributed by atoms with Crippen molar-refractivity contribution in [3.63, 3.8) is 0 Å². The lowest BCUT2D eigenvalue weighted by atomic mass is 10.2. The molecule has 156 valence electrons. The molecule has 0 saturated carbocycles. The van der Waals surface area contributed by atoms with Crippen LogP contribution < -0.4 is 10.6 Å². The van der Waals surface area contributed by atoms with E-state index in [0.717, 1.165) is 25.9 Å². The van der Waals surface area contributed by atoms with Gasteiger partial charge in [-0.15, -0.1) is 11.3 Å². The Labute approximate surface area is 176 Å². The normalized spacial score (nSPS) is 10.4. The second-order valence-electron chi connectivity index (χ2n) is 6.79. The predicted octanol–water partition coefficient (Wildman–Crippen LogP) is 4.76. The van der Waals surface area contributed by atoms with Gasteiger partial charge in [0.2, 0.25) is 11.8 Å². The number of nitrogens with zero attached hydrogens (tertiary/aromatic N) is 1. The molecule has 0 aliphatic carbocycles. The highest BCUT2D eigenvalue weighted by Gasteiger charge is 2.12. The molecule has 0 aliphatic heterocycles. The Morgan fingerprint density at radius 2 is 1.52 bits per heavy atom. The molecule has 0 spiro atoms. The molecule has 7 heteroatoms. The summed E-state index contributed by atoms with van der Waals surface area (Å²) in [5.74, 6) is -0.153. The lowest BCUT2D eigenvalue weighted by Crippen LogP contribution is -2.32. The molecule has 0 fully saturated rings. The van der Waals surface area contributed by atoms with Gasteiger partial charge in [0.1, 0.15) is 0 Å². The third kappa shape index (κ3) is 7.69. The van der Waals surface area contributed by atoms with Gasteiger partial charge in [0, 0.05) is 37.3 Å². The van der Waals surface area contributed by atoms with Gasteiger partial charge in [-0.05, 0) is 55.0 Å². The van der Waals surface area contributed by atoms with Crippen LogP contribution in [0.15, 0.2) is 41.8 Å². The number of thiophene rings is 1. The van der Waals surface area contributed by atoms with E-state index in [0.29, 0.717) is 35.5 Å². The Hall–Kier alpha value is -2.67. The quantitative estimate of drug-likeness (QED) is 0.555. The number of rotatable bonds is 11. The number of carbonyl (C=O) groups is 3. The maximum Gasteiger partial charge on any atom is 0.265 e. The Morgan fingerprint density at radius 1 is 0.897 bits per heavy atom. The summed E-state index contributed by atoms with van der Waals surface area (Å²) in [6.07, 6.45) is 3.10. The molecule has 0 atom stereocenters. The Kier molecular flexibility index (Phi) is 9.37. The first-order valence-electron chi connectivity index (χ1n) is 10.1. The van der Waals surface area contributed by atoms with E-state index in [-0.39, 0.29) is 17.7 Å². The first-order chi connectivity index (χ1) is 14.0. The molecule has 0 bridgehead atoms. The van der Waals surface area contributed by atoms with Crippen LogP contribution in [0, 0.1) is 0 Å². The zero-order valence-electron chi connectivity index (χ0n) is 17.1. The van der Waals surface area contributed by atoms with E-state index < -0.39 is 0 Å². The van der Waals surface area contributed by atoms with Crippen molar-refractivity contribution in [2.24, 2.45) is 0 Å². The van der Waals surface area contributed by atoms with Crippen molar-refractivity contribution in [3.05, 3.63) is 46.7 Å². The zero-order valence-corrected chi connectivity index (χ0v) is 17.9. The van der Waals surface area contributed by atoms with Crippen LogP contribution in [0.5, 0.6) is 0 Å². The summed E-state index contributed by atoms with van der Waals surface area (Å²) < 4.78 is 0. The smallest absolute Gasteiger partial charge is 0.265 e. The van der Waals surface area contributed by atoms with E-state index in [9.17, 15) is 14.4 Å². The standard InChI is InChI=1S/C22H29N3O3S/c1-3-14-25(15-4-2)21(27)9-5-8-20(26)23-17-10-12-18(13-11-17)24-22(28)19-7-6-16-29-19/h6-7,10-13,16H,3-5,8-9,14-15H2,1-2H3,(H,23,26)(H,24,28). The summed E-state index contributed by atoms with van der Waals surface area (Å²) in [6.45, 7) is 5.66. The average Bonchev–Trinajstić information content (AvgIpc) is 3.24. The molecule has 2 rings (SSSR count). The van der Waals surface area contributed by atoms with E-state index in [1.54, 1.807) is 30.3 Å². The number of hydrogen-bond donors (Lipinski definition) is 2. The molecule has 0 saturated heterocycles. The minimum absolute atomic E-state index is 0.118. The average molecular weight is 416 g/mol. The van der Waals surface area contributed by atoms with Gasteiger partial charge < -0.3 is 15.5 Å². The lowest BCUT2D eigenvalue weighted by Gasteiger charge is -2.21. The summed E-state index contributed by atoms with van der Waals surface area (Å²) in [6, 6.07) is 10.6. The Morgan fingerprint density at radius 3 is 2.07 bits per heavy atom. The van der Waals surface area contributed by atoms with Crippen molar-refractivity contribution >= 4 is 40.4 Å². The van der Waals surface area contributed by atoms with Crippen LogP contribution in [0.2, 0.25) is 0 Å². The molecule has 2 aromatic rings. The van der Waals surface area contributed by atoms with Crippen molar-refractivity contribution in [1.82, 2.24) is 4.90 Å². The van der Waals surface area contributed by atoms with Crippen molar-refractivity contribution in [2.75, 3.05) is 23.7 Å². The van der Waals surface area contributed by atoms with Crippen LogP contribution in [-0.4, -0.2) is 35.7 Å². The number of amides is 3. The molecular weight excluding hydrogens is 386 g/mol. The van der Waals surface area contributed by atoms with Gasteiger partial charge in [-0.2, -0.15) is 0 Å². The van der Waals surface area contributed by atoms with Gasteiger partial charge in [0.15, 0.2) is 0 Å². The van der Waals surface area contributed by atoms with E-state index >= 15 is 0 Å². The predicted molar refractivity (Wildman–Crippen MR) is 118 cm³/mol. The maximum atomic E-state index is 12.2. The van der Waals surface area contributed by atoms with E-state index in [1.165, 1.54) is 11.3 Å². The van der Waals surface area contributed by atoms with Gasteiger partial charge in [-0.1, -0.05) is 19.9 Å². The fraction of sp³-hybridized carbons (Fsp3) is 0.409. The zero-order chi connectivity index (χ0) is 21.1. The van der Waals surface area contributed by atoms with Crippen LogP contribution in [0.4, 0.5) is 11.4 Å². The molecular formula is C22H29N3O3S. The Balaban J connectivity index is 1.74. The van der Waals surface area contributed by atoms with Crippen molar-refractivity contribution in [1.29, 1.82) is 0 Å². The molecule has 2 N–H and O–H groups in total. The molecule has 1 aromatic heterocycles. The fourth-order valence-corrected chi connectivity index (χ4v) is 3.54. The molecule has 0 unspecified atom stereocenters. The van der Waals surface area contributed by atoms with Crippen molar-refractivity contribution in [3.8, 4) is 0 Å². The number of benzene rings is 1. The molecule has 0 aliphatic rings. The number of hydrogen-bond acceptors (Lipinski definition) is 4. The van der Waals surface area contributed by atoms with Crippen LogP contribution in [0.1, 0.15) is 55.6 Å². The molecule has 1 aromatic carbocycles. The molecule has 1 heterocycles. The first kappa shape index (κ1) is 22.6. The monoisotopic (exact) mass is 415 g/mol. The van der Waals surface area contributed by atoms with Gasteiger partial charge in [0.05, 0.1) is 4.88 Å². The van der Waals surface area contributed by atoms with Crippen LogP contribution >= 0.6 is 11.3 Å². The third-order valence-electron chi connectivity index (χ3n) is 4.31. The minimum atomic E-state index is -0.151. The maximum absolute atomic E-state index is 12.2. The van der Waals surface area contributed by atoms with E-state index in [2.05, 4.69) is 24.5 Å². The molecule has 0 radical (unpaired) electrons. The van der Waals surface area contributed by atoms with Gasteiger partial charge in [0.25, 0.3) is 5.91 Å². The Bertz CT molecular complexity index is 782. The van der Waals surface area contributed by atoms with Crippen molar-refractivity contribution in [2.45, 2.75) is 46.0 Å². The molecule has 3 amide bonds. The summed E-state index contributed by atoms with van der Waals surface area (Å²) >= 11 is 1.38. The first-order valence-corrected chi connectivity index (χ1v) is 10.9. The number of nitrogens with one attached hydrogen (secondary N) is 2. The van der Waals surface area contributed by atoms with Crippen LogP contribution in [0.25, 0.3) is 0 Å². The van der Waals surface area contributed by atoms with E-state index in [1.807, 2.05) is 16.3 Å². The summed E-state index contributed by atoms with van der Waals surface area (Å²) in [5, 5.41) is 7.50. The van der Waals surface area contributed by atoms with E-state index in [4.69, 9.17) is 0 Å². The van der Waals surface area contributed by atoms with Crippen molar-refractivity contribution < 1.29 is 14.4 Å². The molecule has 6 nitrogen and oxygen atoms in total. The highest BCUT2D eigenvalue weighted by Crippen LogP contribution is 2.17. The lowest BCUT2D eigenvalue weighted by molar-refractivity contribution is -0.131. The SMILES string of the molecule is CCCN(CCC)C(=O)CCCC(=O)Nc1ccc(NC(=O)c2cccs2)cc1. The highest BCUT2D eigenvalue weighted by molar-refractivity contribution is 7.12.